The van der Waals surface area contributed by atoms with Gasteiger partial charge in [-0.3, -0.25) is 4.79 Å². The lowest BCUT2D eigenvalue weighted by Crippen LogP contribution is -2.42. The number of carbonyl (C=O) groups is 1. The van der Waals surface area contributed by atoms with Gasteiger partial charge in [0.05, 0.1) is 5.92 Å². The van der Waals surface area contributed by atoms with Crippen molar-refractivity contribution in [2.75, 3.05) is 6.54 Å². The molecule has 4 heteroatoms. The highest BCUT2D eigenvalue weighted by molar-refractivity contribution is 6.31. The maximum Gasteiger partial charge on any atom is 0.224 e. The molecule has 3 nitrogen and oxygen atoms in total. The molecule has 2 atom stereocenters. The van der Waals surface area contributed by atoms with Crippen molar-refractivity contribution in [2.24, 2.45) is 17.1 Å². The van der Waals surface area contributed by atoms with Crippen LogP contribution in [0.25, 0.3) is 0 Å². The van der Waals surface area contributed by atoms with E-state index in [2.05, 4.69) is 26.1 Å². The molecule has 0 aliphatic heterocycles. The fraction of sp³-hybridized carbons (Fsp3) is 0.588. The van der Waals surface area contributed by atoms with Crippen LogP contribution in [0.1, 0.15) is 39.7 Å². The summed E-state index contributed by atoms with van der Waals surface area (Å²) in [6.45, 7) is 8.73. The molecule has 1 aromatic rings. The van der Waals surface area contributed by atoms with Crippen LogP contribution in [0.3, 0.4) is 0 Å². The van der Waals surface area contributed by atoms with E-state index in [1.54, 1.807) is 0 Å². The third kappa shape index (κ3) is 6.49. The fourth-order valence-corrected chi connectivity index (χ4v) is 2.64. The Morgan fingerprint density at radius 2 is 1.95 bits per heavy atom. The molecule has 0 heterocycles. The molecule has 1 aromatic carbocycles. The van der Waals surface area contributed by atoms with Crippen LogP contribution < -0.4 is 11.1 Å². The summed E-state index contributed by atoms with van der Waals surface area (Å²) in [5, 5.41) is 3.79. The molecule has 1 amide bonds. The van der Waals surface area contributed by atoms with Crippen molar-refractivity contribution in [1.29, 1.82) is 0 Å². The number of nitrogens with two attached hydrogens (primary N) is 1. The van der Waals surface area contributed by atoms with E-state index in [-0.39, 0.29) is 23.3 Å². The third-order valence-electron chi connectivity index (χ3n) is 3.39. The number of halogens is 1. The summed E-state index contributed by atoms with van der Waals surface area (Å²) in [5.74, 6) is -0.106. The van der Waals surface area contributed by atoms with Gasteiger partial charge in [0.15, 0.2) is 0 Å². The fourth-order valence-electron chi connectivity index (χ4n) is 2.43. The topological polar surface area (TPSA) is 55.1 Å². The minimum Gasteiger partial charge on any atom is -0.353 e. The van der Waals surface area contributed by atoms with E-state index in [9.17, 15) is 4.79 Å². The van der Waals surface area contributed by atoms with Crippen LogP contribution in [0.15, 0.2) is 24.3 Å². The average Bonchev–Trinajstić information content (AvgIpc) is 2.37. The monoisotopic (exact) mass is 310 g/mol. The van der Waals surface area contributed by atoms with Crippen LogP contribution in [-0.2, 0) is 11.2 Å². The molecule has 0 spiro atoms. The zero-order valence-electron chi connectivity index (χ0n) is 13.4. The van der Waals surface area contributed by atoms with Crippen molar-refractivity contribution in [3.63, 3.8) is 0 Å². The Morgan fingerprint density at radius 3 is 2.48 bits per heavy atom. The van der Waals surface area contributed by atoms with Crippen molar-refractivity contribution in [1.82, 2.24) is 5.32 Å². The highest BCUT2D eigenvalue weighted by atomic mass is 35.5. The minimum atomic E-state index is -0.140. The van der Waals surface area contributed by atoms with Gasteiger partial charge in [0.1, 0.15) is 0 Å². The normalized spacial score (nSPS) is 14.6. The lowest BCUT2D eigenvalue weighted by Gasteiger charge is -2.26. The summed E-state index contributed by atoms with van der Waals surface area (Å²) >= 11 is 6.15. The van der Waals surface area contributed by atoms with Gasteiger partial charge >= 0.3 is 0 Å². The van der Waals surface area contributed by atoms with E-state index >= 15 is 0 Å². The van der Waals surface area contributed by atoms with E-state index in [1.165, 1.54) is 0 Å². The maximum atomic E-state index is 12.3. The standard InChI is InChI=1S/C17H27ClN2O/c1-12(9-13-7-5-6-8-15(13)18)20-16(21)14(11-19)10-17(2,3)4/h5-8,12,14H,9-11,19H2,1-4H3,(H,20,21). The Bertz CT molecular complexity index is 468. The number of nitrogens with one attached hydrogen (secondary N) is 1. The van der Waals surface area contributed by atoms with Gasteiger partial charge in [-0.15, -0.1) is 0 Å². The van der Waals surface area contributed by atoms with Gasteiger partial charge in [-0.05, 0) is 36.8 Å². The van der Waals surface area contributed by atoms with Crippen LogP contribution in [0.5, 0.6) is 0 Å². The van der Waals surface area contributed by atoms with Crippen LogP contribution in [0, 0.1) is 11.3 Å². The summed E-state index contributed by atoms with van der Waals surface area (Å²) in [6, 6.07) is 7.75. The Morgan fingerprint density at radius 1 is 1.33 bits per heavy atom. The SMILES string of the molecule is CC(Cc1ccccc1Cl)NC(=O)C(CN)CC(C)(C)C. The molecule has 0 aliphatic rings. The predicted molar refractivity (Wildman–Crippen MR) is 89.4 cm³/mol. The first-order chi connectivity index (χ1) is 9.73. The minimum absolute atomic E-state index is 0.0337. The summed E-state index contributed by atoms with van der Waals surface area (Å²) < 4.78 is 0. The quantitative estimate of drug-likeness (QED) is 0.846. The van der Waals surface area contributed by atoms with Crippen molar-refractivity contribution in [3.8, 4) is 0 Å². The molecule has 2 unspecified atom stereocenters. The van der Waals surface area contributed by atoms with E-state index in [4.69, 9.17) is 17.3 Å². The molecule has 118 valence electrons. The Balaban J connectivity index is 2.59. The molecule has 0 aliphatic carbocycles. The number of rotatable bonds is 6. The maximum absolute atomic E-state index is 12.3. The first-order valence-corrected chi connectivity index (χ1v) is 7.84. The van der Waals surface area contributed by atoms with Crippen molar-refractivity contribution < 1.29 is 4.79 Å². The molecule has 0 radical (unpaired) electrons. The average molecular weight is 311 g/mol. The molecular weight excluding hydrogens is 284 g/mol. The number of amides is 1. The number of carbonyl (C=O) groups excluding carboxylic acids is 1. The highest BCUT2D eigenvalue weighted by Crippen LogP contribution is 2.24. The second-order valence-corrected chi connectivity index (χ2v) is 7.31. The predicted octanol–water partition coefficient (Wildman–Crippen LogP) is 3.40. The van der Waals surface area contributed by atoms with Gasteiger partial charge in [-0.2, -0.15) is 0 Å². The Labute approximate surface area is 133 Å². The molecule has 1 rings (SSSR count). The smallest absolute Gasteiger partial charge is 0.224 e. The summed E-state index contributed by atoms with van der Waals surface area (Å²) in [4.78, 5) is 12.3. The molecule has 0 fully saturated rings. The van der Waals surface area contributed by atoms with Gasteiger partial charge in [0.25, 0.3) is 0 Å². The highest BCUT2D eigenvalue weighted by Gasteiger charge is 2.24. The van der Waals surface area contributed by atoms with Crippen LogP contribution in [0.2, 0.25) is 5.02 Å². The first-order valence-electron chi connectivity index (χ1n) is 7.47. The Hall–Kier alpha value is -1.06. The molecule has 0 bridgehead atoms. The summed E-state index contributed by atoms with van der Waals surface area (Å²) in [5.41, 5.74) is 6.89. The van der Waals surface area contributed by atoms with E-state index in [0.29, 0.717) is 6.54 Å². The molecule has 0 aromatic heterocycles. The number of benzene rings is 1. The molecular formula is C17H27ClN2O. The zero-order valence-corrected chi connectivity index (χ0v) is 14.2. The van der Waals surface area contributed by atoms with Gasteiger partial charge in [0, 0.05) is 17.6 Å². The summed E-state index contributed by atoms with van der Waals surface area (Å²) in [6.07, 6.45) is 1.51. The Kier molecular flexibility index (Phi) is 6.69. The van der Waals surface area contributed by atoms with Gasteiger partial charge in [-0.25, -0.2) is 0 Å². The third-order valence-corrected chi connectivity index (χ3v) is 3.76. The van der Waals surface area contributed by atoms with Gasteiger partial charge in [-0.1, -0.05) is 50.6 Å². The molecule has 0 saturated carbocycles. The number of hydrogen-bond donors (Lipinski definition) is 2. The number of hydrogen-bond acceptors (Lipinski definition) is 2. The summed E-state index contributed by atoms with van der Waals surface area (Å²) in [7, 11) is 0. The van der Waals surface area contributed by atoms with E-state index in [1.807, 2.05) is 31.2 Å². The van der Waals surface area contributed by atoms with E-state index < -0.39 is 0 Å². The van der Waals surface area contributed by atoms with Crippen LogP contribution in [-0.4, -0.2) is 18.5 Å². The van der Waals surface area contributed by atoms with Crippen LogP contribution in [0.4, 0.5) is 0 Å². The van der Waals surface area contributed by atoms with Crippen molar-refractivity contribution in [3.05, 3.63) is 34.9 Å². The second kappa shape index (κ2) is 7.81. The van der Waals surface area contributed by atoms with E-state index in [0.717, 1.165) is 23.4 Å². The largest absolute Gasteiger partial charge is 0.353 e. The van der Waals surface area contributed by atoms with Gasteiger partial charge < -0.3 is 11.1 Å². The lowest BCUT2D eigenvalue weighted by molar-refractivity contribution is -0.126. The van der Waals surface area contributed by atoms with Crippen molar-refractivity contribution in [2.45, 2.75) is 46.6 Å². The lowest BCUT2D eigenvalue weighted by atomic mass is 9.84. The zero-order chi connectivity index (χ0) is 16.0. The molecule has 0 saturated heterocycles. The molecule has 21 heavy (non-hydrogen) atoms. The molecule has 3 N–H and O–H groups in total. The van der Waals surface area contributed by atoms with Crippen LogP contribution >= 0.6 is 11.6 Å². The van der Waals surface area contributed by atoms with Gasteiger partial charge in [0.2, 0.25) is 5.91 Å². The first kappa shape index (κ1) is 18.0. The second-order valence-electron chi connectivity index (χ2n) is 6.90. The van der Waals surface area contributed by atoms with Crippen molar-refractivity contribution >= 4 is 17.5 Å².